The van der Waals surface area contributed by atoms with Crippen molar-refractivity contribution in [2.45, 2.75) is 76.9 Å². The number of fused-ring (bicyclic) bond motifs is 1. The lowest BCUT2D eigenvalue weighted by Gasteiger charge is -2.30. The van der Waals surface area contributed by atoms with Crippen molar-refractivity contribution in [3.63, 3.8) is 0 Å². The Kier molecular flexibility index (Phi) is 11.5. The number of anilines is 2. The first-order valence-corrected chi connectivity index (χ1v) is 19.0. The Morgan fingerprint density at radius 1 is 0.843 bits per heavy atom. The first-order chi connectivity index (χ1) is 23.9. The number of carbonyl (C=O) groups is 2. The Balaban J connectivity index is 1.45. The fourth-order valence-corrected chi connectivity index (χ4v) is 7.86. The van der Waals surface area contributed by atoms with Gasteiger partial charge >= 0.3 is 12.1 Å². The molecule has 0 radical (unpaired) electrons. The highest BCUT2D eigenvalue weighted by molar-refractivity contribution is 7.92. The van der Waals surface area contributed by atoms with Gasteiger partial charge in [0.25, 0.3) is 10.0 Å². The largest absolute Gasteiger partial charge is 0.459 e. The van der Waals surface area contributed by atoms with Crippen molar-refractivity contribution in [1.82, 2.24) is 19.7 Å². The van der Waals surface area contributed by atoms with Crippen LogP contribution in [-0.2, 0) is 24.3 Å². The molecule has 1 aliphatic heterocycles. The van der Waals surface area contributed by atoms with Crippen LogP contribution < -0.4 is 9.21 Å². The number of aromatic nitrogens is 3. The van der Waals surface area contributed by atoms with E-state index in [9.17, 15) is 18.0 Å². The molecular weight excluding hydrogens is 715 g/mol. The van der Waals surface area contributed by atoms with E-state index < -0.39 is 39.8 Å². The van der Waals surface area contributed by atoms with Crippen LogP contribution in [0.4, 0.5) is 16.3 Å². The zero-order valence-corrected chi connectivity index (χ0v) is 32.1. The Morgan fingerprint density at radius 2 is 1.51 bits per heavy atom. The number of nitrogens with zero attached hydrogens (tertiary/aromatic N) is 6. The number of likely N-dealkylation sites (tertiary alicyclic amines) is 1. The fourth-order valence-electron chi connectivity index (χ4n) is 5.73. The molecule has 0 bridgehead atoms. The van der Waals surface area contributed by atoms with Gasteiger partial charge < -0.3 is 14.4 Å². The molecule has 0 aliphatic carbocycles. The molecule has 1 amide bonds. The van der Waals surface area contributed by atoms with Crippen LogP contribution in [0.1, 0.15) is 60.8 Å². The standard InChI is InChI=1S/C36H44Cl2N6O6S/c1-35(2,3)49-33(45)24-44(51(47,48)29-22-26(37)21-27(38)23-29)28-10-11-30-25(20-28)14-17-42(30)31-12-13-32(40-39-31)43(34(46)50-36(4,5)6)19-18-41-15-8-7-9-16-41/h10-14,17,20-23H,7-9,15-16,18-19,24H2,1-6H3. The third kappa shape index (κ3) is 9.91. The van der Waals surface area contributed by atoms with Gasteiger partial charge in [-0.1, -0.05) is 29.6 Å². The average molecular weight is 760 g/mol. The minimum atomic E-state index is -4.32. The van der Waals surface area contributed by atoms with Gasteiger partial charge in [0.2, 0.25) is 0 Å². The van der Waals surface area contributed by atoms with Crippen LogP contribution in [-0.4, -0.2) is 84.1 Å². The van der Waals surface area contributed by atoms with Crippen LogP contribution in [0.2, 0.25) is 10.0 Å². The van der Waals surface area contributed by atoms with Crippen molar-refractivity contribution in [3.8, 4) is 5.82 Å². The monoisotopic (exact) mass is 758 g/mol. The number of carbonyl (C=O) groups excluding carboxylic acids is 2. The van der Waals surface area contributed by atoms with Crippen molar-refractivity contribution in [1.29, 1.82) is 0 Å². The normalized spacial score (nSPS) is 14.4. The summed E-state index contributed by atoms with van der Waals surface area (Å²) in [6, 6.07) is 14.3. The number of piperidine rings is 1. The highest BCUT2D eigenvalue weighted by atomic mass is 35.5. The predicted octanol–water partition coefficient (Wildman–Crippen LogP) is 7.49. The Labute approximate surface area is 309 Å². The van der Waals surface area contributed by atoms with Crippen LogP contribution >= 0.6 is 23.2 Å². The number of hydrogen-bond donors (Lipinski definition) is 0. The van der Waals surface area contributed by atoms with Gasteiger partial charge in [-0.05, 0) is 122 Å². The molecule has 1 saturated heterocycles. The van der Waals surface area contributed by atoms with Crippen molar-refractivity contribution in [2.75, 3.05) is 41.9 Å². The molecule has 12 nitrogen and oxygen atoms in total. The summed E-state index contributed by atoms with van der Waals surface area (Å²) in [7, 11) is -4.32. The zero-order valence-electron chi connectivity index (χ0n) is 29.7. The van der Waals surface area contributed by atoms with Gasteiger partial charge in [-0.25, -0.2) is 13.2 Å². The Hall–Kier alpha value is -3.91. The van der Waals surface area contributed by atoms with E-state index in [1.807, 2.05) is 20.8 Å². The second kappa shape index (κ2) is 15.4. The Morgan fingerprint density at radius 3 is 2.12 bits per heavy atom. The molecule has 51 heavy (non-hydrogen) atoms. The van der Waals surface area contributed by atoms with Crippen LogP contribution in [0.5, 0.6) is 0 Å². The SMILES string of the molecule is CC(C)(C)OC(=O)CN(c1ccc2c(ccn2-c2ccc(N(CCN3CCCCC3)C(=O)OC(C)(C)C)nn2)c1)S(=O)(=O)c1cc(Cl)cc(Cl)c1. The quantitative estimate of drug-likeness (QED) is 0.151. The number of amides is 1. The topological polar surface area (TPSA) is 127 Å². The fraction of sp³-hybridized carbons (Fsp3) is 0.444. The van der Waals surface area contributed by atoms with Crippen molar-refractivity contribution in [2.24, 2.45) is 0 Å². The van der Waals surface area contributed by atoms with E-state index in [-0.39, 0.29) is 20.6 Å². The van der Waals surface area contributed by atoms with E-state index in [0.29, 0.717) is 35.6 Å². The molecule has 4 aromatic rings. The molecule has 5 rings (SSSR count). The first kappa shape index (κ1) is 38.3. The maximum absolute atomic E-state index is 14.0. The lowest BCUT2D eigenvalue weighted by atomic mass is 10.1. The lowest BCUT2D eigenvalue weighted by molar-refractivity contribution is -0.152. The molecule has 3 heterocycles. The van der Waals surface area contributed by atoms with Gasteiger partial charge in [0, 0.05) is 34.7 Å². The molecule has 2 aromatic carbocycles. The summed E-state index contributed by atoms with van der Waals surface area (Å²) < 4.78 is 41.9. The number of ether oxygens (including phenoxy) is 2. The van der Waals surface area contributed by atoms with E-state index in [2.05, 4.69) is 15.1 Å². The van der Waals surface area contributed by atoms with E-state index in [1.165, 1.54) is 29.5 Å². The predicted molar refractivity (Wildman–Crippen MR) is 200 cm³/mol. The number of esters is 1. The minimum absolute atomic E-state index is 0.133. The van der Waals surface area contributed by atoms with Crippen molar-refractivity contribution >= 4 is 67.7 Å². The van der Waals surface area contributed by atoms with Crippen LogP contribution in [0, 0.1) is 0 Å². The number of halogens is 2. The zero-order chi connectivity index (χ0) is 37.1. The van der Waals surface area contributed by atoms with Crippen molar-refractivity contribution < 1.29 is 27.5 Å². The van der Waals surface area contributed by atoms with Crippen LogP contribution in [0.3, 0.4) is 0 Å². The average Bonchev–Trinajstić information content (AvgIpc) is 3.46. The van der Waals surface area contributed by atoms with Gasteiger partial charge in [-0.15, -0.1) is 10.2 Å². The maximum atomic E-state index is 14.0. The number of hydrogen-bond acceptors (Lipinski definition) is 9. The molecule has 0 unspecified atom stereocenters. The molecule has 15 heteroatoms. The maximum Gasteiger partial charge on any atom is 0.416 e. The molecular formula is C36H44Cl2N6O6S. The van der Waals surface area contributed by atoms with E-state index in [4.69, 9.17) is 32.7 Å². The van der Waals surface area contributed by atoms with E-state index in [0.717, 1.165) is 30.2 Å². The van der Waals surface area contributed by atoms with E-state index >= 15 is 0 Å². The van der Waals surface area contributed by atoms with Crippen LogP contribution in [0.25, 0.3) is 16.7 Å². The van der Waals surface area contributed by atoms with Gasteiger partial charge in [-0.2, -0.15) is 0 Å². The summed E-state index contributed by atoms with van der Waals surface area (Å²) in [5.41, 5.74) is -0.582. The highest BCUT2D eigenvalue weighted by Crippen LogP contribution is 2.32. The summed E-state index contributed by atoms with van der Waals surface area (Å²) in [5, 5.41) is 9.81. The third-order valence-electron chi connectivity index (χ3n) is 7.94. The lowest BCUT2D eigenvalue weighted by Crippen LogP contribution is -2.43. The molecule has 2 aromatic heterocycles. The second-order valence-electron chi connectivity index (χ2n) is 14.4. The molecule has 0 saturated carbocycles. The minimum Gasteiger partial charge on any atom is -0.459 e. The molecule has 1 fully saturated rings. The molecule has 0 spiro atoms. The smallest absolute Gasteiger partial charge is 0.416 e. The summed E-state index contributed by atoms with van der Waals surface area (Å²) in [6.07, 6.45) is 4.79. The van der Waals surface area contributed by atoms with Crippen molar-refractivity contribution in [3.05, 3.63) is 70.8 Å². The molecule has 0 N–H and O–H groups in total. The summed E-state index contributed by atoms with van der Waals surface area (Å²) in [4.78, 5) is 29.9. The van der Waals surface area contributed by atoms with E-state index in [1.54, 1.807) is 67.9 Å². The Bertz CT molecular complexity index is 1960. The van der Waals surface area contributed by atoms with Gasteiger partial charge in [-0.3, -0.25) is 18.6 Å². The summed E-state index contributed by atoms with van der Waals surface area (Å²) in [5.74, 6) is 0.116. The first-order valence-electron chi connectivity index (χ1n) is 16.8. The van der Waals surface area contributed by atoms with Crippen LogP contribution in [0.15, 0.2) is 65.7 Å². The molecule has 1 aliphatic rings. The van der Waals surface area contributed by atoms with Gasteiger partial charge in [0.1, 0.15) is 17.7 Å². The number of rotatable bonds is 10. The second-order valence-corrected chi connectivity index (χ2v) is 17.2. The third-order valence-corrected chi connectivity index (χ3v) is 10.1. The number of sulfonamides is 1. The highest BCUT2D eigenvalue weighted by Gasteiger charge is 2.31. The summed E-state index contributed by atoms with van der Waals surface area (Å²) in [6.45, 7) is 13.1. The van der Waals surface area contributed by atoms with Gasteiger partial charge in [0.15, 0.2) is 11.6 Å². The number of benzene rings is 2. The molecule has 0 atom stereocenters. The molecule has 274 valence electrons. The summed E-state index contributed by atoms with van der Waals surface area (Å²) >= 11 is 12.3. The van der Waals surface area contributed by atoms with Gasteiger partial charge in [0.05, 0.1) is 16.1 Å².